The van der Waals surface area contributed by atoms with Gasteiger partial charge < -0.3 is 0 Å². The fraction of sp³-hybridized carbons (Fsp3) is 0.355. The summed E-state index contributed by atoms with van der Waals surface area (Å²) in [6.45, 7) is 5.55. The quantitative estimate of drug-likeness (QED) is 0.258. The van der Waals surface area contributed by atoms with Crippen LogP contribution in [0.2, 0.25) is 0 Å². The highest BCUT2D eigenvalue weighted by molar-refractivity contribution is 7.15. The average molecular weight is 575 g/mol. The summed E-state index contributed by atoms with van der Waals surface area (Å²) in [6, 6.07) is 16.0. The number of rotatable bonds is 8. The monoisotopic (exact) mass is 574 g/mol. The van der Waals surface area contributed by atoms with Crippen LogP contribution < -0.4 is 5.32 Å². The van der Waals surface area contributed by atoms with Gasteiger partial charge in [0, 0.05) is 54.2 Å². The molecule has 7 nitrogen and oxygen atoms in total. The molecule has 1 atom stereocenters. The lowest BCUT2D eigenvalue weighted by Crippen LogP contribution is -2.46. The molecule has 0 bridgehead atoms. The van der Waals surface area contributed by atoms with Gasteiger partial charge in [-0.1, -0.05) is 36.4 Å². The Balaban J connectivity index is 1.07. The van der Waals surface area contributed by atoms with Crippen molar-refractivity contribution < 1.29 is 13.6 Å². The van der Waals surface area contributed by atoms with E-state index in [1.165, 1.54) is 11.3 Å². The van der Waals surface area contributed by atoms with E-state index in [-0.39, 0.29) is 24.8 Å². The number of carbonyl (C=O) groups is 1. The summed E-state index contributed by atoms with van der Waals surface area (Å²) in [6.07, 6.45) is 6.21. The molecule has 4 aromatic rings. The predicted octanol–water partition coefficient (Wildman–Crippen LogP) is 6.10. The van der Waals surface area contributed by atoms with Crippen molar-refractivity contribution in [2.75, 3.05) is 18.4 Å². The van der Waals surface area contributed by atoms with Crippen molar-refractivity contribution in [3.8, 4) is 11.1 Å². The van der Waals surface area contributed by atoms with E-state index in [0.29, 0.717) is 36.9 Å². The summed E-state index contributed by atoms with van der Waals surface area (Å²) >= 11 is 1.50. The van der Waals surface area contributed by atoms with Gasteiger partial charge in [0.2, 0.25) is 0 Å². The lowest BCUT2D eigenvalue weighted by atomic mass is 9.94. The topological polar surface area (TPSA) is 75.4 Å². The van der Waals surface area contributed by atoms with Crippen LogP contribution in [0.15, 0.2) is 65.9 Å². The Labute approximate surface area is 242 Å². The molecule has 0 radical (unpaired) electrons. The standard InChI is InChI=1S/C31H32F2N6OS/c1-34-17-21-5-7-23(8-6-21)25-18-35-39(20-25)19-22-3-2-4-24(15-22)29(40)37-30-36-27-10-9-26(16-28(27)41-30)38-13-11-31(32,33)12-14-38/h2-8,15,18,20,26H,1,9-14,16-17,19H2,(H,36,37,40). The number of carbonyl (C=O) groups excluding carboxylic acids is 1. The molecule has 1 aliphatic heterocycles. The van der Waals surface area contributed by atoms with E-state index >= 15 is 0 Å². The molecular formula is C31H32F2N6OS. The number of aryl methyl sites for hydroxylation is 1. The Kier molecular flexibility index (Phi) is 7.77. The van der Waals surface area contributed by atoms with E-state index in [1.54, 1.807) is 6.07 Å². The molecule has 10 heteroatoms. The number of benzene rings is 2. The average Bonchev–Trinajstić information content (AvgIpc) is 3.60. The first-order valence-corrected chi connectivity index (χ1v) is 14.7. The SMILES string of the molecule is C=NCc1ccc(-c2cnn(Cc3cccc(C(=O)Nc4nc5c(s4)CC(N4CCC(F)(F)CC4)CC5)c3)c2)cc1. The number of anilines is 1. The lowest BCUT2D eigenvalue weighted by Gasteiger charge is -2.38. The van der Waals surface area contributed by atoms with E-state index in [0.717, 1.165) is 52.1 Å². The number of fused-ring (bicyclic) bond motifs is 1. The Morgan fingerprint density at radius 3 is 2.71 bits per heavy atom. The Morgan fingerprint density at radius 2 is 1.93 bits per heavy atom. The van der Waals surface area contributed by atoms with E-state index < -0.39 is 5.92 Å². The van der Waals surface area contributed by atoms with E-state index in [9.17, 15) is 13.6 Å². The van der Waals surface area contributed by atoms with Gasteiger partial charge in [-0.3, -0.25) is 24.7 Å². The number of alkyl halides is 2. The van der Waals surface area contributed by atoms with Gasteiger partial charge in [-0.15, -0.1) is 11.3 Å². The van der Waals surface area contributed by atoms with Crippen molar-refractivity contribution in [3.05, 3.63) is 88.2 Å². The van der Waals surface area contributed by atoms with E-state index in [1.807, 2.05) is 47.4 Å². The van der Waals surface area contributed by atoms with E-state index in [2.05, 4.69) is 44.1 Å². The van der Waals surface area contributed by atoms with Crippen LogP contribution in [-0.4, -0.2) is 57.3 Å². The molecule has 1 fully saturated rings. The minimum absolute atomic E-state index is 0.0662. The number of aromatic nitrogens is 3. The molecule has 212 valence electrons. The van der Waals surface area contributed by atoms with Gasteiger partial charge in [0.15, 0.2) is 5.13 Å². The molecule has 41 heavy (non-hydrogen) atoms. The zero-order valence-corrected chi connectivity index (χ0v) is 23.5. The fourth-order valence-electron chi connectivity index (χ4n) is 5.64. The van der Waals surface area contributed by atoms with Crippen LogP contribution in [0.1, 0.15) is 51.3 Å². The zero-order chi connectivity index (χ0) is 28.4. The highest BCUT2D eigenvalue weighted by Gasteiger charge is 2.37. The maximum atomic E-state index is 13.6. The third-order valence-corrected chi connectivity index (χ3v) is 8.96. The minimum Gasteiger partial charge on any atom is -0.300 e. The Morgan fingerprint density at radius 1 is 1.12 bits per heavy atom. The maximum Gasteiger partial charge on any atom is 0.257 e. The van der Waals surface area contributed by atoms with Gasteiger partial charge in [-0.25, -0.2) is 13.8 Å². The van der Waals surface area contributed by atoms with E-state index in [4.69, 9.17) is 0 Å². The predicted molar refractivity (Wildman–Crippen MR) is 158 cm³/mol. The Bertz CT molecular complexity index is 1540. The van der Waals surface area contributed by atoms with Crippen molar-refractivity contribution in [2.45, 2.75) is 57.2 Å². The van der Waals surface area contributed by atoms with Crippen LogP contribution in [0.3, 0.4) is 0 Å². The van der Waals surface area contributed by atoms with Gasteiger partial charge in [-0.05, 0) is 54.8 Å². The van der Waals surface area contributed by atoms with Crippen molar-refractivity contribution in [1.82, 2.24) is 19.7 Å². The molecule has 2 aromatic heterocycles. The second-order valence-corrected chi connectivity index (χ2v) is 11.9. The highest BCUT2D eigenvalue weighted by atomic mass is 32.1. The number of nitrogens with zero attached hydrogens (tertiary/aromatic N) is 5. The number of hydrogen-bond donors (Lipinski definition) is 1. The lowest BCUT2D eigenvalue weighted by molar-refractivity contribution is -0.0638. The molecule has 3 heterocycles. The summed E-state index contributed by atoms with van der Waals surface area (Å²) in [4.78, 5) is 25.1. The first-order valence-electron chi connectivity index (χ1n) is 13.9. The summed E-state index contributed by atoms with van der Waals surface area (Å²) in [5.74, 6) is -2.74. The fourth-order valence-corrected chi connectivity index (χ4v) is 6.71. The third-order valence-electron chi connectivity index (χ3n) is 7.93. The van der Waals surface area contributed by atoms with Gasteiger partial charge in [0.25, 0.3) is 11.8 Å². The van der Waals surface area contributed by atoms with Crippen molar-refractivity contribution >= 4 is 29.1 Å². The third kappa shape index (κ3) is 6.44. The maximum absolute atomic E-state index is 13.6. The van der Waals surface area contributed by atoms with Gasteiger partial charge in [0.05, 0.1) is 25.0 Å². The molecule has 2 aliphatic rings. The zero-order valence-electron chi connectivity index (χ0n) is 22.7. The van der Waals surface area contributed by atoms with Crippen molar-refractivity contribution in [1.29, 1.82) is 0 Å². The number of amides is 1. The second-order valence-electron chi connectivity index (χ2n) is 10.8. The number of piperidine rings is 1. The summed E-state index contributed by atoms with van der Waals surface area (Å²) in [5, 5.41) is 8.07. The molecule has 1 amide bonds. The first kappa shape index (κ1) is 27.4. The highest BCUT2D eigenvalue weighted by Crippen LogP contribution is 2.35. The van der Waals surface area contributed by atoms with Crippen LogP contribution in [0.5, 0.6) is 0 Å². The number of nitrogens with one attached hydrogen (secondary N) is 1. The number of halogens is 2. The summed E-state index contributed by atoms with van der Waals surface area (Å²) in [5.41, 5.74) is 5.74. The molecule has 1 aliphatic carbocycles. The van der Waals surface area contributed by atoms with Crippen LogP contribution >= 0.6 is 11.3 Å². The van der Waals surface area contributed by atoms with Crippen LogP contribution in [0.4, 0.5) is 13.9 Å². The van der Waals surface area contributed by atoms with Crippen molar-refractivity contribution in [2.24, 2.45) is 4.99 Å². The van der Waals surface area contributed by atoms with Gasteiger partial charge in [0.1, 0.15) is 0 Å². The molecule has 1 saturated heterocycles. The molecular weight excluding hydrogens is 542 g/mol. The molecule has 0 spiro atoms. The number of thiazole rings is 1. The normalized spacial score (nSPS) is 18.5. The molecule has 6 rings (SSSR count). The number of aliphatic imine (C=N–C) groups is 1. The summed E-state index contributed by atoms with van der Waals surface area (Å²) in [7, 11) is 0. The molecule has 1 N–H and O–H groups in total. The van der Waals surface area contributed by atoms with Gasteiger partial charge >= 0.3 is 0 Å². The smallest absolute Gasteiger partial charge is 0.257 e. The Hall–Kier alpha value is -3.76. The summed E-state index contributed by atoms with van der Waals surface area (Å²) < 4.78 is 29.1. The largest absolute Gasteiger partial charge is 0.300 e. The molecule has 1 unspecified atom stereocenters. The van der Waals surface area contributed by atoms with Crippen LogP contribution in [-0.2, 0) is 25.9 Å². The minimum atomic E-state index is -2.53. The van der Waals surface area contributed by atoms with Crippen LogP contribution in [0.25, 0.3) is 11.1 Å². The van der Waals surface area contributed by atoms with Crippen molar-refractivity contribution in [3.63, 3.8) is 0 Å². The molecule has 0 saturated carbocycles. The number of hydrogen-bond acceptors (Lipinski definition) is 6. The molecule has 2 aromatic carbocycles. The van der Waals surface area contributed by atoms with Gasteiger partial charge in [-0.2, -0.15) is 5.10 Å². The number of likely N-dealkylation sites (tertiary alicyclic amines) is 1. The first-order chi connectivity index (χ1) is 19.8. The van der Waals surface area contributed by atoms with Crippen LogP contribution in [0, 0.1) is 0 Å². The second kappa shape index (κ2) is 11.6.